The van der Waals surface area contributed by atoms with Crippen LogP contribution in [0.25, 0.3) is 0 Å². The average Bonchev–Trinajstić information content (AvgIpc) is 2.81. The van der Waals surface area contributed by atoms with E-state index in [0.29, 0.717) is 43.6 Å². The third-order valence-corrected chi connectivity index (χ3v) is 9.33. The number of carboxylic acid groups (broad SMARTS) is 1. The first-order valence-corrected chi connectivity index (χ1v) is 12.9. The molecule has 3 aliphatic rings. The predicted octanol–water partition coefficient (Wildman–Crippen LogP) is 2.31. The minimum atomic E-state index is -3.37. The van der Waals surface area contributed by atoms with Crippen molar-refractivity contribution in [1.82, 2.24) is 13.5 Å². The highest BCUT2D eigenvalue weighted by Gasteiger charge is 2.49. The Labute approximate surface area is 192 Å². The van der Waals surface area contributed by atoms with Crippen LogP contribution in [-0.4, -0.2) is 85.9 Å². The average molecular weight is 468 g/mol. The molecule has 3 heterocycles. The maximum atomic E-state index is 13.1. The summed E-state index contributed by atoms with van der Waals surface area (Å²) in [6.07, 6.45) is 5.82. The summed E-state index contributed by atoms with van der Waals surface area (Å²) in [4.78, 5) is 11.1. The maximum Gasteiger partial charge on any atom is 0.290 e. The second-order valence-electron chi connectivity index (χ2n) is 9.02. The van der Waals surface area contributed by atoms with Gasteiger partial charge in [0.05, 0.1) is 7.11 Å². The zero-order valence-electron chi connectivity index (χ0n) is 19.4. The largest absolute Gasteiger partial charge is 0.497 e. The predicted molar refractivity (Wildman–Crippen MR) is 124 cm³/mol. The van der Waals surface area contributed by atoms with Gasteiger partial charge >= 0.3 is 0 Å². The lowest BCUT2D eigenvalue weighted by molar-refractivity contribution is -0.122. The van der Waals surface area contributed by atoms with Crippen molar-refractivity contribution in [3.8, 4) is 5.75 Å². The monoisotopic (exact) mass is 467 g/mol. The van der Waals surface area contributed by atoms with E-state index in [9.17, 15) is 8.42 Å². The Hall–Kier alpha value is -1.68. The molecule has 0 amide bonds. The van der Waals surface area contributed by atoms with E-state index in [1.165, 1.54) is 29.1 Å². The quantitative estimate of drug-likeness (QED) is 0.646. The molecule has 4 rings (SSSR count). The van der Waals surface area contributed by atoms with Crippen molar-refractivity contribution in [2.24, 2.45) is 11.8 Å². The van der Waals surface area contributed by atoms with Gasteiger partial charge in [0.15, 0.2) is 0 Å². The molecule has 9 heteroatoms. The lowest BCUT2D eigenvalue weighted by Crippen LogP contribution is -2.65. The Morgan fingerprint density at radius 1 is 1.25 bits per heavy atom. The van der Waals surface area contributed by atoms with Gasteiger partial charge in [0.25, 0.3) is 16.7 Å². The molecule has 4 atom stereocenters. The number of hydrogen-bond acceptors (Lipinski definition) is 5. The van der Waals surface area contributed by atoms with E-state index < -0.39 is 10.2 Å². The van der Waals surface area contributed by atoms with Gasteiger partial charge in [0.2, 0.25) is 0 Å². The molecule has 1 aromatic carbocycles. The van der Waals surface area contributed by atoms with Crippen LogP contribution in [0.5, 0.6) is 5.75 Å². The van der Waals surface area contributed by atoms with Gasteiger partial charge in [-0.15, -0.1) is 0 Å². The fourth-order valence-corrected chi connectivity index (χ4v) is 7.22. The van der Waals surface area contributed by atoms with Gasteiger partial charge in [-0.25, -0.2) is 0 Å². The molecule has 2 bridgehead atoms. The molecule has 0 radical (unpaired) electrons. The van der Waals surface area contributed by atoms with Crippen LogP contribution < -0.4 is 4.74 Å². The number of nitrogens with zero attached hydrogens (tertiary/aromatic N) is 3. The van der Waals surface area contributed by atoms with E-state index in [1.807, 2.05) is 13.0 Å². The molecule has 0 saturated carbocycles. The molecule has 32 heavy (non-hydrogen) atoms. The highest BCUT2D eigenvalue weighted by Crippen LogP contribution is 2.43. The van der Waals surface area contributed by atoms with E-state index in [1.54, 1.807) is 18.5 Å². The normalized spacial score (nSPS) is 28.4. The standard InChI is InChI=1S/C22H35N3O3S.CH2O2/c1-4-23(2)29(26,27)24-15-18-14-19(16-24)22(25-11-6-5-10-21(18)25)13-17-8-7-9-20(12-17)28-3;2-1-3/h7-9,12,18-19,21-22H,4-6,10-11,13-16H2,1-3H3;1H,(H,2,3)/t18-,19+,21+,22+;/m1./s1. The fourth-order valence-electron chi connectivity index (χ4n) is 5.74. The summed E-state index contributed by atoms with van der Waals surface area (Å²) in [5.41, 5.74) is 1.28. The van der Waals surface area contributed by atoms with Crippen molar-refractivity contribution >= 4 is 16.7 Å². The molecule has 3 aliphatic heterocycles. The highest BCUT2D eigenvalue weighted by atomic mass is 32.2. The summed E-state index contributed by atoms with van der Waals surface area (Å²) < 4.78 is 34.8. The molecule has 3 saturated heterocycles. The Morgan fingerprint density at radius 3 is 2.66 bits per heavy atom. The van der Waals surface area contributed by atoms with Gasteiger partial charge in [-0.3, -0.25) is 9.69 Å². The fraction of sp³-hybridized carbons (Fsp3) is 0.696. The van der Waals surface area contributed by atoms with E-state index in [0.717, 1.165) is 25.1 Å². The summed E-state index contributed by atoms with van der Waals surface area (Å²) in [5.74, 6) is 1.73. The van der Waals surface area contributed by atoms with Crippen molar-refractivity contribution in [2.75, 3.05) is 40.3 Å². The summed E-state index contributed by atoms with van der Waals surface area (Å²) in [5, 5.41) is 6.89. The minimum Gasteiger partial charge on any atom is -0.497 e. The van der Waals surface area contributed by atoms with Crippen LogP contribution in [0.4, 0.5) is 0 Å². The molecular formula is C23H37N3O5S. The Balaban J connectivity index is 0.000000913. The summed E-state index contributed by atoms with van der Waals surface area (Å²) in [6.45, 7) is 4.62. The first-order valence-electron chi connectivity index (χ1n) is 11.5. The van der Waals surface area contributed by atoms with Crippen LogP contribution in [0.15, 0.2) is 24.3 Å². The van der Waals surface area contributed by atoms with E-state index >= 15 is 0 Å². The molecule has 0 aliphatic carbocycles. The molecule has 8 nitrogen and oxygen atoms in total. The lowest BCUT2D eigenvalue weighted by atomic mass is 9.71. The van der Waals surface area contributed by atoms with Crippen molar-refractivity contribution in [3.05, 3.63) is 29.8 Å². The van der Waals surface area contributed by atoms with Gasteiger partial charge in [-0.1, -0.05) is 25.5 Å². The number of benzene rings is 1. The Bertz CT molecular complexity index is 865. The maximum absolute atomic E-state index is 13.1. The van der Waals surface area contributed by atoms with E-state index in [-0.39, 0.29) is 6.47 Å². The smallest absolute Gasteiger partial charge is 0.290 e. The zero-order chi connectivity index (χ0) is 23.3. The molecule has 0 unspecified atom stereocenters. The number of piperidine rings is 3. The van der Waals surface area contributed by atoms with Crippen molar-refractivity contribution in [2.45, 2.75) is 51.1 Å². The Kier molecular flexibility index (Phi) is 8.55. The number of carbonyl (C=O) groups is 1. The van der Waals surface area contributed by atoms with Crippen LogP contribution in [0.1, 0.15) is 38.2 Å². The summed E-state index contributed by atoms with van der Waals surface area (Å²) in [6, 6.07) is 9.26. The Morgan fingerprint density at radius 2 is 1.97 bits per heavy atom. The molecule has 180 valence electrons. The number of ether oxygens (including phenoxy) is 1. The lowest BCUT2D eigenvalue weighted by Gasteiger charge is -2.56. The number of rotatable bonds is 6. The summed E-state index contributed by atoms with van der Waals surface area (Å²) >= 11 is 0. The van der Waals surface area contributed by atoms with Crippen LogP contribution in [0, 0.1) is 11.8 Å². The molecule has 0 spiro atoms. The topological polar surface area (TPSA) is 90.4 Å². The first-order chi connectivity index (χ1) is 15.3. The minimum absolute atomic E-state index is 0.250. The molecule has 3 fully saturated rings. The third-order valence-electron chi connectivity index (χ3n) is 7.33. The second-order valence-corrected chi connectivity index (χ2v) is 11.1. The van der Waals surface area contributed by atoms with E-state index in [4.69, 9.17) is 14.6 Å². The van der Waals surface area contributed by atoms with Gasteiger partial charge < -0.3 is 9.84 Å². The van der Waals surface area contributed by atoms with Crippen LogP contribution >= 0.6 is 0 Å². The SMILES string of the molecule is CCN(C)S(=O)(=O)N1C[C@H]2C[C@@H](C1)[C@H](Cc1cccc(OC)c1)N1CCCC[C@@H]21.O=CO. The number of hydrogen-bond donors (Lipinski definition) is 1. The van der Waals surface area contributed by atoms with Gasteiger partial charge in [-0.2, -0.15) is 17.0 Å². The second kappa shape index (κ2) is 11.0. The van der Waals surface area contributed by atoms with Crippen LogP contribution in [0.3, 0.4) is 0 Å². The molecular weight excluding hydrogens is 430 g/mol. The highest BCUT2D eigenvalue weighted by molar-refractivity contribution is 7.86. The third kappa shape index (κ3) is 5.27. The molecule has 0 aromatic heterocycles. The van der Waals surface area contributed by atoms with Crippen LogP contribution in [-0.2, 0) is 21.4 Å². The van der Waals surface area contributed by atoms with Crippen molar-refractivity contribution < 1.29 is 23.1 Å². The molecule has 1 aromatic rings. The van der Waals surface area contributed by atoms with E-state index in [2.05, 4.69) is 23.1 Å². The van der Waals surface area contributed by atoms with Crippen molar-refractivity contribution in [1.29, 1.82) is 0 Å². The van der Waals surface area contributed by atoms with Crippen LogP contribution in [0.2, 0.25) is 0 Å². The van der Waals surface area contributed by atoms with Gasteiger partial charge in [0.1, 0.15) is 5.75 Å². The number of fused-ring (bicyclic) bond motifs is 4. The first kappa shape index (κ1) is 25.0. The zero-order valence-corrected chi connectivity index (χ0v) is 20.2. The molecule has 1 N–H and O–H groups in total. The van der Waals surface area contributed by atoms with Gasteiger partial charge in [0, 0.05) is 38.8 Å². The summed E-state index contributed by atoms with van der Waals surface area (Å²) in [7, 11) is 0.0315. The van der Waals surface area contributed by atoms with Gasteiger partial charge in [-0.05, 0) is 61.8 Å². The number of methoxy groups -OCH3 is 1. The van der Waals surface area contributed by atoms with Crippen molar-refractivity contribution in [3.63, 3.8) is 0 Å².